The van der Waals surface area contributed by atoms with Gasteiger partial charge in [-0.3, -0.25) is 4.90 Å². The highest BCUT2D eigenvalue weighted by Gasteiger charge is 2.65. The van der Waals surface area contributed by atoms with Gasteiger partial charge in [-0.15, -0.1) is 24.9 Å². The number of nitrogens with zero attached hydrogens (tertiary/aromatic N) is 2. The predicted octanol–water partition coefficient (Wildman–Crippen LogP) is 9.48. The highest BCUT2D eigenvalue weighted by Crippen LogP contribution is 2.62. The largest absolute Gasteiger partial charge is 0.493 e. The van der Waals surface area contributed by atoms with Crippen LogP contribution in [0.2, 0.25) is 0 Å². The summed E-state index contributed by atoms with van der Waals surface area (Å²) in [5.74, 6) is -0.336. The maximum absolute atomic E-state index is 14.4. The van der Waals surface area contributed by atoms with E-state index in [1.165, 1.54) is 24.1 Å². The second-order valence-corrected chi connectivity index (χ2v) is 16.6. The van der Waals surface area contributed by atoms with Gasteiger partial charge < -0.3 is 34.0 Å². The van der Waals surface area contributed by atoms with Crippen LogP contribution in [0.1, 0.15) is 68.4 Å². The van der Waals surface area contributed by atoms with Crippen LogP contribution < -0.4 is 9.47 Å². The number of hydrogen-bond donors (Lipinski definition) is 2. The van der Waals surface area contributed by atoms with Crippen molar-refractivity contribution in [3.8, 4) is 11.5 Å². The van der Waals surface area contributed by atoms with Crippen LogP contribution in [0.25, 0.3) is 0 Å². The van der Waals surface area contributed by atoms with Gasteiger partial charge in [-0.2, -0.15) is 0 Å². The van der Waals surface area contributed by atoms with Crippen LogP contribution in [-0.2, 0) is 20.9 Å². The monoisotopic (exact) mass is 842 g/mol. The molecule has 3 aromatic carbocycles. The number of oxime groups is 1. The summed E-state index contributed by atoms with van der Waals surface area (Å²) >= 11 is 1.73. The van der Waals surface area contributed by atoms with Gasteiger partial charge in [0.25, 0.3) is 0 Å². The molecule has 6 rings (SSSR count). The second-order valence-electron chi connectivity index (χ2n) is 15.4. The minimum absolute atomic E-state index is 0.0508. The Labute approximate surface area is 358 Å². The fourth-order valence-corrected chi connectivity index (χ4v) is 9.84. The zero-order valence-electron chi connectivity index (χ0n) is 34.6. The van der Waals surface area contributed by atoms with Crippen molar-refractivity contribution in [1.29, 1.82) is 0 Å². The molecule has 1 saturated carbocycles. The number of thioether (sulfide) groups is 1. The third-order valence-corrected chi connectivity index (χ3v) is 12.6. The maximum Gasteiger partial charge on any atom is 0.410 e. The number of rotatable bonds is 23. The SMILES string of the molecule is C=CCCOC(=O)N(Cc1ccc(F)cc1)[C@H]1CC(=NOC)C2=C[C@H](CCCCO)[C@@H](CCCCO)[C@@H]3c4cc(OCCSc5ccccc5)ccc4O[C@@]1(OCC=C)[C@H]23. The van der Waals surface area contributed by atoms with Crippen molar-refractivity contribution in [2.24, 2.45) is 22.9 Å². The van der Waals surface area contributed by atoms with E-state index in [9.17, 15) is 19.4 Å². The lowest BCUT2D eigenvalue weighted by Gasteiger charge is -2.59. The van der Waals surface area contributed by atoms with E-state index in [1.54, 1.807) is 40.9 Å². The smallest absolute Gasteiger partial charge is 0.410 e. The van der Waals surface area contributed by atoms with Crippen LogP contribution in [0.3, 0.4) is 0 Å². The van der Waals surface area contributed by atoms with E-state index in [0.29, 0.717) is 42.9 Å². The Hall–Kier alpha value is -4.62. The van der Waals surface area contributed by atoms with E-state index >= 15 is 0 Å². The zero-order chi connectivity index (χ0) is 42.3. The molecule has 6 atom stereocenters. The first-order valence-corrected chi connectivity index (χ1v) is 22.1. The van der Waals surface area contributed by atoms with Gasteiger partial charge in [0.1, 0.15) is 30.5 Å². The molecule has 1 fully saturated rings. The molecule has 1 amide bonds. The summed E-state index contributed by atoms with van der Waals surface area (Å²) in [7, 11) is 1.52. The number of fused-ring (bicyclic) bond motifs is 2. The van der Waals surface area contributed by atoms with Gasteiger partial charge in [-0.05, 0) is 97.5 Å². The predicted molar refractivity (Wildman–Crippen MR) is 233 cm³/mol. The van der Waals surface area contributed by atoms with Gasteiger partial charge in [-0.25, -0.2) is 9.18 Å². The molecule has 2 aliphatic carbocycles. The molecular weight excluding hydrogens is 784 g/mol. The number of halogens is 1. The maximum atomic E-state index is 14.4. The summed E-state index contributed by atoms with van der Waals surface area (Å²) in [4.78, 5) is 22.8. The molecule has 1 aliphatic heterocycles. The molecule has 1 heterocycles. The number of allylic oxidation sites excluding steroid dienone is 1. The van der Waals surface area contributed by atoms with Crippen molar-refractivity contribution in [2.45, 2.75) is 80.6 Å². The summed E-state index contributed by atoms with van der Waals surface area (Å²) in [6, 6.07) is 21.4. The van der Waals surface area contributed by atoms with Crippen LogP contribution in [0.5, 0.6) is 11.5 Å². The van der Waals surface area contributed by atoms with Gasteiger partial charge in [-0.1, -0.05) is 66.6 Å². The van der Waals surface area contributed by atoms with Gasteiger partial charge in [0.2, 0.25) is 5.79 Å². The van der Waals surface area contributed by atoms with Crippen molar-refractivity contribution in [1.82, 2.24) is 4.90 Å². The number of aliphatic hydroxyl groups excluding tert-OH is 2. The van der Waals surface area contributed by atoms with Crippen molar-refractivity contribution >= 4 is 23.6 Å². The zero-order valence-corrected chi connectivity index (χ0v) is 35.4. The summed E-state index contributed by atoms with van der Waals surface area (Å²) in [6.07, 6.45) is 10.3. The van der Waals surface area contributed by atoms with Crippen LogP contribution in [-0.4, -0.2) is 84.6 Å². The first-order chi connectivity index (χ1) is 29.4. The van der Waals surface area contributed by atoms with E-state index in [2.05, 4.69) is 42.6 Å². The Kier molecular flexibility index (Phi) is 16.7. The van der Waals surface area contributed by atoms with Crippen LogP contribution >= 0.6 is 11.8 Å². The molecule has 0 radical (unpaired) electrons. The number of amides is 1. The van der Waals surface area contributed by atoms with E-state index in [1.807, 2.05) is 30.3 Å². The summed E-state index contributed by atoms with van der Waals surface area (Å²) in [5, 5.41) is 24.4. The Morgan fingerprint density at radius 2 is 1.77 bits per heavy atom. The number of ether oxygens (including phenoxy) is 4. The second kappa shape index (κ2) is 22.3. The van der Waals surface area contributed by atoms with Crippen molar-refractivity contribution < 1.29 is 43.2 Å². The minimum atomic E-state index is -1.47. The number of hydrogen-bond acceptors (Lipinski definition) is 10. The lowest BCUT2D eigenvalue weighted by atomic mass is 9.55. The molecular formula is C48H59FN2O8S. The van der Waals surface area contributed by atoms with E-state index in [0.717, 1.165) is 48.3 Å². The van der Waals surface area contributed by atoms with Crippen molar-refractivity contribution in [3.63, 3.8) is 0 Å². The molecule has 0 unspecified atom stereocenters. The van der Waals surface area contributed by atoms with Gasteiger partial charge in [0.05, 0.1) is 31.5 Å². The lowest BCUT2D eigenvalue weighted by Crippen LogP contribution is -2.70. The number of carbonyl (C=O) groups is 1. The Morgan fingerprint density at radius 1 is 1.00 bits per heavy atom. The van der Waals surface area contributed by atoms with Crippen LogP contribution in [0.4, 0.5) is 9.18 Å². The molecule has 0 bridgehead atoms. The fourth-order valence-electron chi connectivity index (χ4n) is 9.09. The molecule has 0 saturated heterocycles. The third kappa shape index (κ3) is 10.6. The van der Waals surface area contributed by atoms with Gasteiger partial charge >= 0.3 is 6.09 Å². The lowest BCUT2D eigenvalue weighted by molar-refractivity contribution is -0.256. The summed E-state index contributed by atoms with van der Waals surface area (Å²) < 4.78 is 40.8. The molecule has 12 heteroatoms. The summed E-state index contributed by atoms with van der Waals surface area (Å²) in [6.45, 7) is 8.78. The Balaban J connectivity index is 1.51. The Bertz CT molecular complexity index is 1930. The van der Waals surface area contributed by atoms with Crippen molar-refractivity contribution in [2.75, 3.05) is 45.9 Å². The first-order valence-electron chi connectivity index (χ1n) is 21.1. The molecule has 3 aliphatic rings. The van der Waals surface area contributed by atoms with Crippen LogP contribution in [0.15, 0.2) is 120 Å². The molecule has 60 heavy (non-hydrogen) atoms. The van der Waals surface area contributed by atoms with Gasteiger partial charge in [0.15, 0.2) is 0 Å². The number of unbranched alkanes of at least 4 members (excludes halogenated alkanes) is 2. The van der Waals surface area contributed by atoms with Crippen LogP contribution in [0, 0.1) is 23.6 Å². The van der Waals surface area contributed by atoms with Gasteiger partial charge in [0, 0.05) is 48.3 Å². The standard InChI is InChI=1S/C48H59FN2O8S/c1-4-6-27-57-47(54)51(33-34-18-20-36(49)21-19-34)44-32-42(50-55-3)40-30-35(14-10-12-24-52)39(17-11-13-25-53)45-41-31-37(56-28-29-60-38-15-8-7-9-16-38)22-23-43(41)59-48(44,46(40)45)58-26-5-2/h4-5,7-9,15-16,18-23,30-31,35,39,44-46,52-53H,1-2,6,10-14,17,24-29,32-33H2,3H3/t35-,39+,44-,45+,46+,48+/m0/s1. The number of aliphatic hydroxyl groups is 2. The molecule has 0 spiro atoms. The molecule has 0 aromatic heterocycles. The normalized spacial score (nSPS) is 23.4. The number of carbonyl (C=O) groups excluding carboxylic acids is 1. The highest BCUT2D eigenvalue weighted by molar-refractivity contribution is 7.99. The quantitative estimate of drug-likeness (QED) is 0.0417. The average molecular weight is 843 g/mol. The number of benzene rings is 3. The average Bonchev–Trinajstić information content (AvgIpc) is 3.26. The Morgan fingerprint density at radius 3 is 2.48 bits per heavy atom. The van der Waals surface area contributed by atoms with E-state index in [4.69, 9.17) is 23.8 Å². The van der Waals surface area contributed by atoms with E-state index < -0.39 is 23.8 Å². The molecule has 2 N–H and O–H groups in total. The molecule has 10 nitrogen and oxygen atoms in total. The fraction of sp³-hybridized carbons (Fsp3) is 0.458. The van der Waals surface area contributed by atoms with Crippen molar-refractivity contribution in [3.05, 3.63) is 127 Å². The third-order valence-electron chi connectivity index (χ3n) is 11.6. The summed E-state index contributed by atoms with van der Waals surface area (Å²) in [5.41, 5.74) is 3.25. The topological polar surface area (TPSA) is 119 Å². The molecule has 3 aromatic rings. The van der Waals surface area contributed by atoms with E-state index in [-0.39, 0.29) is 63.0 Å². The first kappa shape index (κ1) is 44.9. The minimum Gasteiger partial charge on any atom is -0.493 e. The highest BCUT2D eigenvalue weighted by atomic mass is 32.2. The molecule has 322 valence electrons.